The highest BCUT2D eigenvalue weighted by Crippen LogP contribution is 2.52. The number of ether oxygens (including phenoxy) is 3. The van der Waals surface area contributed by atoms with Gasteiger partial charge in [0.05, 0.1) is 35.5 Å². The molecule has 222 valence electrons. The summed E-state index contributed by atoms with van der Waals surface area (Å²) in [6, 6.07) is 6.65. The van der Waals surface area contributed by atoms with E-state index in [0.717, 1.165) is 86.4 Å². The van der Waals surface area contributed by atoms with Crippen molar-refractivity contribution in [2.45, 2.75) is 93.7 Å². The Labute approximate surface area is 246 Å². The molecule has 4 saturated heterocycles. The second kappa shape index (κ2) is 9.50. The first-order chi connectivity index (χ1) is 20.4. The van der Waals surface area contributed by atoms with Gasteiger partial charge >= 0.3 is 6.01 Å². The van der Waals surface area contributed by atoms with E-state index >= 15 is 0 Å². The Kier molecular flexibility index (Phi) is 6.02. The summed E-state index contributed by atoms with van der Waals surface area (Å²) in [5, 5.41) is 10.2. The van der Waals surface area contributed by atoms with Gasteiger partial charge in [0.1, 0.15) is 30.3 Å². The van der Waals surface area contributed by atoms with E-state index in [-0.39, 0.29) is 11.1 Å². The monoisotopic (exact) mass is 574 g/mol. The normalized spacial score (nSPS) is 35.1. The summed E-state index contributed by atoms with van der Waals surface area (Å²) in [5.41, 5.74) is 10.3. The number of hydrogen-bond donors (Lipinski definition) is 1. The minimum atomic E-state index is -0.815. The molecule has 2 spiro atoms. The molecule has 1 aromatic carbocycles. The lowest BCUT2D eigenvalue weighted by molar-refractivity contribution is -0.0874. The molecule has 1 aromatic heterocycles. The summed E-state index contributed by atoms with van der Waals surface area (Å²) in [6.07, 6.45) is 5.98. The fourth-order valence-electron chi connectivity index (χ4n) is 8.84. The zero-order chi connectivity index (χ0) is 28.7. The van der Waals surface area contributed by atoms with E-state index in [1.165, 1.54) is 0 Å². The molecule has 6 aliphatic rings. The van der Waals surface area contributed by atoms with Crippen molar-refractivity contribution in [2.75, 3.05) is 50.1 Å². The number of hydrogen-bond acceptors (Lipinski definition) is 9. The van der Waals surface area contributed by atoms with E-state index in [9.17, 15) is 9.65 Å². The number of nitrogens with zero attached hydrogens (tertiary/aromatic N) is 5. The van der Waals surface area contributed by atoms with Crippen LogP contribution in [-0.4, -0.2) is 71.6 Å². The number of benzene rings is 1. The van der Waals surface area contributed by atoms with Crippen LogP contribution in [0.4, 0.5) is 15.9 Å². The Morgan fingerprint density at radius 1 is 1.21 bits per heavy atom. The summed E-state index contributed by atoms with van der Waals surface area (Å²) >= 11 is 0. The molecular weight excluding hydrogens is 535 g/mol. The highest BCUT2D eigenvalue weighted by atomic mass is 19.1. The minimum absolute atomic E-state index is 0.0440. The number of anilines is 2. The van der Waals surface area contributed by atoms with E-state index < -0.39 is 11.8 Å². The van der Waals surface area contributed by atoms with Gasteiger partial charge in [-0.3, -0.25) is 4.90 Å². The van der Waals surface area contributed by atoms with Crippen LogP contribution in [-0.2, 0) is 28.1 Å². The smallest absolute Gasteiger partial charge is 0.318 e. The summed E-state index contributed by atoms with van der Waals surface area (Å²) in [7, 11) is 0. The Morgan fingerprint density at radius 2 is 2.12 bits per heavy atom. The molecule has 2 aromatic rings. The van der Waals surface area contributed by atoms with Crippen molar-refractivity contribution in [3.05, 3.63) is 40.1 Å². The predicted molar refractivity (Wildman–Crippen MR) is 154 cm³/mol. The fraction of sp³-hybridized carbons (Fsp3) is 0.656. The standard InChI is InChI=1S/C32H39FN6O3/c1-20-5-7-32(27-22(20)3-4-25(35)23(27)15-34)14-26-24(17-42-32)28(39-11-8-30(39)9-12-40-18-30)37-29(36-26)41-19-31-6-2-10-38(31)16-21(33)13-31/h3-4,20-21H,2,5-14,16-19,35H2,1H3/t20-,21+,30-,31-,32-/m0/s1. The SMILES string of the molecule is C[C@H]1CC[C@]2(Cc3nc(OC[C@@]45CCCN4C[C@H](F)C5)nc(N4CC[C@@]45CCOC5)c3CO2)c2c1ccc(N)c2C#N. The van der Waals surface area contributed by atoms with Crippen molar-refractivity contribution in [1.29, 1.82) is 5.26 Å². The minimum Gasteiger partial charge on any atom is -0.461 e. The number of alkyl halides is 1. The van der Waals surface area contributed by atoms with Gasteiger partial charge in [-0.05, 0) is 62.6 Å². The fourth-order valence-corrected chi connectivity index (χ4v) is 8.84. The topological polar surface area (TPSA) is 110 Å². The van der Waals surface area contributed by atoms with Gasteiger partial charge in [0.25, 0.3) is 0 Å². The van der Waals surface area contributed by atoms with E-state index in [1.807, 2.05) is 6.07 Å². The average Bonchev–Trinajstić information content (AvgIpc) is 3.69. The third kappa shape index (κ3) is 3.82. The van der Waals surface area contributed by atoms with Crippen molar-refractivity contribution in [3.63, 3.8) is 0 Å². The Morgan fingerprint density at radius 3 is 2.90 bits per heavy atom. The van der Waals surface area contributed by atoms with Gasteiger partial charge in [-0.2, -0.15) is 15.2 Å². The van der Waals surface area contributed by atoms with Gasteiger partial charge in [0, 0.05) is 49.4 Å². The molecule has 2 N–H and O–H groups in total. The van der Waals surface area contributed by atoms with Crippen LogP contribution in [0.15, 0.2) is 12.1 Å². The molecular formula is C32H39FN6O3. The first-order valence-electron chi connectivity index (χ1n) is 15.6. The maximum Gasteiger partial charge on any atom is 0.318 e. The van der Waals surface area contributed by atoms with Crippen molar-refractivity contribution in [3.8, 4) is 12.1 Å². The number of aromatic nitrogens is 2. The lowest BCUT2D eigenvalue weighted by atomic mass is 9.69. The zero-order valence-corrected chi connectivity index (χ0v) is 24.3. The largest absolute Gasteiger partial charge is 0.461 e. The molecule has 0 unspecified atom stereocenters. The first-order valence-corrected chi connectivity index (χ1v) is 15.6. The first kappa shape index (κ1) is 26.6. The van der Waals surface area contributed by atoms with Gasteiger partial charge in [-0.25, -0.2) is 4.39 Å². The van der Waals surface area contributed by atoms with Crippen LogP contribution < -0.4 is 15.4 Å². The van der Waals surface area contributed by atoms with Crippen LogP contribution in [0.25, 0.3) is 0 Å². The third-order valence-corrected chi connectivity index (χ3v) is 11.3. The van der Waals surface area contributed by atoms with Crippen molar-refractivity contribution in [1.82, 2.24) is 14.9 Å². The van der Waals surface area contributed by atoms with E-state index in [4.69, 9.17) is 29.9 Å². The molecule has 9 nitrogen and oxygen atoms in total. The van der Waals surface area contributed by atoms with Crippen LogP contribution in [0.3, 0.4) is 0 Å². The van der Waals surface area contributed by atoms with Crippen molar-refractivity contribution >= 4 is 11.5 Å². The molecule has 6 heterocycles. The Balaban J connectivity index is 1.19. The summed E-state index contributed by atoms with van der Waals surface area (Å²) < 4.78 is 33.6. The number of nitrogens with two attached hydrogens (primary N) is 1. The third-order valence-electron chi connectivity index (χ3n) is 11.3. The highest BCUT2D eigenvalue weighted by molar-refractivity contribution is 5.64. The van der Waals surface area contributed by atoms with Crippen LogP contribution in [0, 0.1) is 11.3 Å². The van der Waals surface area contributed by atoms with Crippen LogP contribution in [0.5, 0.6) is 6.01 Å². The summed E-state index contributed by atoms with van der Waals surface area (Å²) in [4.78, 5) is 14.7. The molecule has 0 bridgehead atoms. The molecule has 5 atom stereocenters. The molecule has 1 aliphatic carbocycles. The van der Waals surface area contributed by atoms with Crippen molar-refractivity contribution < 1.29 is 18.6 Å². The summed E-state index contributed by atoms with van der Waals surface area (Å²) in [5.74, 6) is 1.18. The molecule has 4 fully saturated rings. The Hall–Kier alpha value is -3.00. The molecule has 42 heavy (non-hydrogen) atoms. The second-order valence-electron chi connectivity index (χ2n) is 13.6. The van der Waals surface area contributed by atoms with Gasteiger partial charge < -0.3 is 24.8 Å². The summed E-state index contributed by atoms with van der Waals surface area (Å²) in [6.45, 7) is 6.69. The van der Waals surface area contributed by atoms with E-state index in [1.54, 1.807) is 0 Å². The van der Waals surface area contributed by atoms with Gasteiger partial charge in [0.15, 0.2) is 0 Å². The second-order valence-corrected chi connectivity index (χ2v) is 13.6. The van der Waals surface area contributed by atoms with Gasteiger partial charge in [0.2, 0.25) is 0 Å². The van der Waals surface area contributed by atoms with Crippen LogP contribution in [0.1, 0.15) is 85.7 Å². The number of nitriles is 1. The molecule has 5 aliphatic heterocycles. The quantitative estimate of drug-likeness (QED) is 0.539. The molecule has 0 saturated carbocycles. The van der Waals surface area contributed by atoms with E-state index in [0.29, 0.717) is 62.4 Å². The molecule has 10 heteroatoms. The number of halogens is 1. The molecule has 8 rings (SSSR count). The van der Waals surface area contributed by atoms with Gasteiger partial charge in [-0.1, -0.05) is 13.0 Å². The number of rotatable bonds is 4. The van der Waals surface area contributed by atoms with Crippen LogP contribution >= 0.6 is 0 Å². The predicted octanol–water partition coefficient (Wildman–Crippen LogP) is 4.12. The number of fused-ring (bicyclic) bond motifs is 4. The molecule has 0 radical (unpaired) electrons. The van der Waals surface area contributed by atoms with Gasteiger partial charge in [-0.15, -0.1) is 0 Å². The van der Waals surface area contributed by atoms with E-state index in [2.05, 4.69) is 28.9 Å². The highest BCUT2D eigenvalue weighted by Gasteiger charge is 2.52. The van der Waals surface area contributed by atoms with Crippen LogP contribution in [0.2, 0.25) is 0 Å². The zero-order valence-electron chi connectivity index (χ0n) is 24.3. The lowest BCUT2D eigenvalue weighted by Crippen LogP contribution is -2.61. The maximum atomic E-state index is 14.5. The molecule has 0 amide bonds. The van der Waals surface area contributed by atoms with Crippen molar-refractivity contribution in [2.24, 2.45) is 0 Å². The average molecular weight is 575 g/mol. The Bertz CT molecular complexity index is 1470. The lowest BCUT2D eigenvalue weighted by Gasteiger charge is -2.52. The number of nitrogen functional groups attached to an aromatic ring is 1. The maximum absolute atomic E-state index is 14.5.